The molecule has 1 unspecified atom stereocenters. The Morgan fingerprint density at radius 1 is 1.29 bits per heavy atom. The summed E-state index contributed by atoms with van der Waals surface area (Å²) in [5.41, 5.74) is 22.4. The van der Waals surface area contributed by atoms with E-state index in [4.69, 9.17) is 21.9 Å². The van der Waals surface area contributed by atoms with Crippen LogP contribution in [0.2, 0.25) is 0 Å². The van der Waals surface area contributed by atoms with E-state index in [2.05, 4.69) is 15.3 Å². The van der Waals surface area contributed by atoms with Crippen molar-refractivity contribution in [3.05, 3.63) is 64.1 Å². The van der Waals surface area contributed by atoms with Crippen LogP contribution >= 0.6 is 0 Å². The van der Waals surface area contributed by atoms with Crippen molar-refractivity contribution in [2.75, 3.05) is 19.3 Å². The Hall–Kier alpha value is -3.53. The van der Waals surface area contributed by atoms with Crippen LogP contribution in [0.15, 0.2) is 46.6 Å². The second-order valence-corrected chi connectivity index (χ2v) is 8.06. The van der Waals surface area contributed by atoms with Gasteiger partial charge in [0.2, 0.25) is 0 Å². The zero-order valence-corrected chi connectivity index (χ0v) is 19.3. The number of aromatic nitrogens is 1. The SMILES string of the molecule is CN=CC1=C(N)c2ccc(F)cc2[C@@H](C)Oc2cc(cnc2N)/C(NCC(F)F)=C(/C(C)N)C1. The summed E-state index contributed by atoms with van der Waals surface area (Å²) >= 11 is 0. The molecule has 2 bridgehead atoms. The number of benzene rings is 1. The number of ether oxygens (including phenoxy) is 1. The molecule has 0 aliphatic carbocycles. The van der Waals surface area contributed by atoms with E-state index in [1.54, 1.807) is 39.2 Å². The lowest BCUT2D eigenvalue weighted by molar-refractivity contribution is 0.151. The standard InChI is InChI=1S/C24H29F3N6O/c1-12(28)18-6-14(9-31-3)22(29)17-5-4-16(25)8-19(17)13(2)34-20-7-15(10-33-24(20)30)23(18)32-11-21(26)27/h4-5,7-10,12-13,21,32H,6,11,28-29H2,1-3H3,(H2,30,33)/b22-14?,23-18-,31-9?/t12?,13-/m1/s1. The molecule has 2 aromatic rings. The Labute approximate surface area is 196 Å². The number of hydrogen-bond acceptors (Lipinski definition) is 7. The molecule has 0 saturated carbocycles. The maximum Gasteiger partial charge on any atom is 0.255 e. The summed E-state index contributed by atoms with van der Waals surface area (Å²) < 4.78 is 46.6. The van der Waals surface area contributed by atoms with Crippen LogP contribution < -0.4 is 27.3 Å². The number of rotatable bonds is 5. The summed E-state index contributed by atoms with van der Waals surface area (Å²) in [7, 11) is 1.59. The number of pyridine rings is 1. The molecule has 1 aromatic heterocycles. The Morgan fingerprint density at radius 2 is 2.03 bits per heavy atom. The van der Waals surface area contributed by atoms with Crippen molar-refractivity contribution < 1.29 is 17.9 Å². The Kier molecular flexibility index (Phi) is 7.83. The van der Waals surface area contributed by atoms with Gasteiger partial charge in [-0.1, -0.05) is 0 Å². The summed E-state index contributed by atoms with van der Waals surface area (Å²) in [6.07, 6.45) is -0.00204. The molecule has 3 rings (SSSR count). The predicted octanol–water partition coefficient (Wildman–Crippen LogP) is 3.63. The molecule has 10 heteroatoms. The van der Waals surface area contributed by atoms with Crippen LogP contribution in [0.1, 0.15) is 43.1 Å². The molecule has 1 aromatic carbocycles. The molecule has 2 atom stereocenters. The highest BCUT2D eigenvalue weighted by atomic mass is 19.3. The third-order valence-electron chi connectivity index (χ3n) is 5.53. The van der Waals surface area contributed by atoms with E-state index in [1.165, 1.54) is 18.3 Å². The first-order valence-electron chi connectivity index (χ1n) is 10.8. The molecule has 1 aliphatic rings. The second kappa shape index (κ2) is 10.6. The fraction of sp³-hybridized carbons (Fsp3) is 0.333. The topological polar surface area (TPSA) is 125 Å². The highest BCUT2D eigenvalue weighted by molar-refractivity contribution is 5.92. The highest BCUT2D eigenvalue weighted by Gasteiger charge is 2.23. The van der Waals surface area contributed by atoms with Gasteiger partial charge in [-0.25, -0.2) is 18.2 Å². The lowest BCUT2D eigenvalue weighted by atomic mass is 9.91. The van der Waals surface area contributed by atoms with Gasteiger partial charge in [0.1, 0.15) is 11.9 Å². The number of aliphatic imine (C=N–C) groups is 1. The summed E-state index contributed by atoms with van der Waals surface area (Å²) in [5, 5.41) is 2.80. The minimum Gasteiger partial charge on any atom is -0.482 e. The fourth-order valence-corrected chi connectivity index (χ4v) is 3.86. The number of nitrogens with zero attached hydrogens (tertiary/aromatic N) is 2. The summed E-state index contributed by atoms with van der Waals surface area (Å²) in [6.45, 7) is 2.88. The van der Waals surface area contributed by atoms with Gasteiger partial charge in [-0.3, -0.25) is 4.99 Å². The van der Waals surface area contributed by atoms with Crippen LogP contribution in [-0.2, 0) is 0 Å². The van der Waals surface area contributed by atoms with Crippen molar-refractivity contribution in [1.82, 2.24) is 10.3 Å². The van der Waals surface area contributed by atoms with Crippen molar-refractivity contribution in [1.29, 1.82) is 0 Å². The lowest BCUT2D eigenvalue weighted by Crippen LogP contribution is -2.28. The number of halogens is 3. The van der Waals surface area contributed by atoms with Gasteiger partial charge in [0, 0.05) is 60.0 Å². The normalized spacial score (nSPS) is 19.9. The molecule has 7 N–H and O–H groups in total. The fourth-order valence-electron chi connectivity index (χ4n) is 3.86. The van der Waals surface area contributed by atoms with E-state index in [0.29, 0.717) is 39.2 Å². The van der Waals surface area contributed by atoms with Crippen LogP contribution in [0.3, 0.4) is 0 Å². The third kappa shape index (κ3) is 5.51. The van der Waals surface area contributed by atoms with Crippen molar-refractivity contribution in [2.45, 2.75) is 38.8 Å². The van der Waals surface area contributed by atoms with Gasteiger partial charge >= 0.3 is 0 Å². The maximum atomic E-state index is 14.2. The van der Waals surface area contributed by atoms with Gasteiger partial charge in [-0.2, -0.15) is 0 Å². The van der Waals surface area contributed by atoms with Crippen LogP contribution in [0, 0.1) is 5.82 Å². The third-order valence-corrected chi connectivity index (χ3v) is 5.53. The predicted molar refractivity (Wildman–Crippen MR) is 129 cm³/mol. The summed E-state index contributed by atoms with van der Waals surface area (Å²) in [4.78, 5) is 8.31. The molecule has 2 heterocycles. The van der Waals surface area contributed by atoms with Gasteiger partial charge < -0.3 is 27.3 Å². The molecule has 0 fully saturated rings. The first-order chi connectivity index (χ1) is 16.1. The van der Waals surface area contributed by atoms with Crippen LogP contribution in [0.25, 0.3) is 11.4 Å². The molecule has 0 radical (unpaired) electrons. The quantitative estimate of drug-likeness (QED) is 0.491. The molecule has 0 amide bonds. The Balaban J connectivity index is 2.36. The zero-order valence-electron chi connectivity index (χ0n) is 19.3. The van der Waals surface area contributed by atoms with Crippen LogP contribution in [0.5, 0.6) is 5.75 Å². The number of nitrogens with one attached hydrogen (secondary N) is 1. The van der Waals surface area contributed by atoms with Crippen molar-refractivity contribution in [3.8, 4) is 5.75 Å². The molecule has 0 spiro atoms. The molecule has 1 aliphatic heterocycles. The van der Waals surface area contributed by atoms with E-state index < -0.39 is 30.9 Å². The summed E-state index contributed by atoms with van der Waals surface area (Å²) in [6, 6.07) is 5.29. The average molecular weight is 475 g/mol. The minimum atomic E-state index is -2.60. The maximum absolute atomic E-state index is 14.2. The molecular weight excluding hydrogens is 445 g/mol. The van der Waals surface area contributed by atoms with Gasteiger partial charge in [0.15, 0.2) is 11.6 Å². The minimum absolute atomic E-state index is 0.100. The first-order valence-corrected chi connectivity index (χ1v) is 10.8. The molecular formula is C24H29F3N6O. The zero-order chi connectivity index (χ0) is 25.0. The van der Waals surface area contributed by atoms with Gasteiger partial charge in [0.05, 0.1) is 6.54 Å². The average Bonchev–Trinajstić information content (AvgIpc) is 2.78. The molecule has 34 heavy (non-hydrogen) atoms. The number of nitrogen functional groups attached to an aromatic ring is 1. The highest BCUT2D eigenvalue weighted by Crippen LogP contribution is 2.35. The van der Waals surface area contributed by atoms with Crippen molar-refractivity contribution in [3.63, 3.8) is 0 Å². The van der Waals surface area contributed by atoms with E-state index >= 15 is 0 Å². The number of alkyl halides is 2. The monoisotopic (exact) mass is 474 g/mol. The number of nitrogens with two attached hydrogens (primary N) is 3. The van der Waals surface area contributed by atoms with Gasteiger partial charge in [-0.05, 0) is 49.3 Å². The number of fused-ring (bicyclic) bond motifs is 3. The van der Waals surface area contributed by atoms with Gasteiger partial charge in [0.25, 0.3) is 6.43 Å². The second-order valence-electron chi connectivity index (χ2n) is 8.06. The number of hydrogen-bond donors (Lipinski definition) is 4. The van der Waals surface area contributed by atoms with Crippen molar-refractivity contribution in [2.24, 2.45) is 16.5 Å². The van der Waals surface area contributed by atoms with Crippen molar-refractivity contribution >= 4 is 23.4 Å². The molecule has 0 saturated heterocycles. The Bertz CT molecular complexity index is 1140. The van der Waals surface area contributed by atoms with Gasteiger partial charge in [-0.15, -0.1) is 0 Å². The largest absolute Gasteiger partial charge is 0.482 e. The van der Waals surface area contributed by atoms with E-state index in [-0.39, 0.29) is 18.0 Å². The van der Waals surface area contributed by atoms with Crippen LogP contribution in [-0.4, -0.2) is 37.3 Å². The molecule has 7 nitrogen and oxygen atoms in total. The van der Waals surface area contributed by atoms with Crippen LogP contribution in [0.4, 0.5) is 19.0 Å². The van der Waals surface area contributed by atoms with E-state index in [9.17, 15) is 13.2 Å². The van der Waals surface area contributed by atoms with E-state index in [1.807, 2.05) is 0 Å². The number of anilines is 1. The Morgan fingerprint density at radius 3 is 2.68 bits per heavy atom. The first kappa shape index (κ1) is 25.1. The number of allylic oxidation sites excluding steroid dienone is 1. The molecule has 182 valence electrons. The summed E-state index contributed by atoms with van der Waals surface area (Å²) in [5.74, 6) is -0.128. The lowest BCUT2D eigenvalue weighted by Gasteiger charge is -2.25. The van der Waals surface area contributed by atoms with E-state index in [0.717, 1.165) is 0 Å². The smallest absolute Gasteiger partial charge is 0.255 e.